The second kappa shape index (κ2) is 5.30. The van der Waals surface area contributed by atoms with E-state index in [9.17, 15) is 9.59 Å². The molecule has 1 aromatic heterocycles. The minimum absolute atomic E-state index is 0.0620. The first kappa shape index (κ1) is 12.7. The van der Waals surface area contributed by atoms with E-state index in [0.717, 1.165) is 5.69 Å². The highest BCUT2D eigenvalue weighted by Crippen LogP contribution is 2.09. The van der Waals surface area contributed by atoms with Gasteiger partial charge in [0, 0.05) is 5.69 Å². The van der Waals surface area contributed by atoms with Crippen LogP contribution >= 0.6 is 0 Å². The highest BCUT2D eigenvalue weighted by molar-refractivity contribution is 5.92. The van der Waals surface area contributed by atoms with Gasteiger partial charge in [0.15, 0.2) is 0 Å². The first-order chi connectivity index (χ1) is 9.06. The van der Waals surface area contributed by atoms with E-state index in [1.54, 1.807) is 13.1 Å². The number of nitrogens with zero attached hydrogens (tertiary/aromatic N) is 3. The van der Waals surface area contributed by atoms with Crippen LogP contribution in [0.4, 0.5) is 5.69 Å². The normalized spacial score (nSPS) is 10.2. The van der Waals surface area contributed by atoms with Gasteiger partial charge in [0.1, 0.15) is 6.54 Å². The van der Waals surface area contributed by atoms with Crippen molar-refractivity contribution in [1.29, 1.82) is 0 Å². The zero-order chi connectivity index (χ0) is 13.8. The largest absolute Gasteiger partial charge is 0.478 e. The van der Waals surface area contributed by atoms with Crippen LogP contribution in [0.15, 0.2) is 30.5 Å². The van der Waals surface area contributed by atoms with Crippen molar-refractivity contribution in [3.63, 3.8) is 0 Å². The van der Waals surface area contributed by atoms with Gasteiger partial charge in [0.25, 0.3) is 0 Å². The molecular formula is C12H12N4O3. The molecule has 0 saturated heterocycles. The molecule has 1 heterocycles. The molecular weight excluding hydrogens is 248 g/mol. The van der Waals surface area contributed by atoms with Gasteiger partial charge in [-0.05, 0) is 31.2 Å². The topological polar surface area (TPSA) is 97.1 Å². The predicted molar refractivity (Wildman–Crippen MR) is 66.8 cm³/mol. The number of aryl methyl sites for hydroxylation is 1. The second-order valence-corrected chi connectivity index (χ2v) is 3.96. The average Bonchev–Trinajstić information content (AvgIpc) is 2.75. The van der Waals surface area contributed by atoms with Gasteiger partial charge in [-0.2, -0.15) is 0 Å². The number of rotatable bonds is 4. The van der Waals surface area contributed by atoms with Crippen LogP contribution < -0.4 is 5.32 Å². The van der Waals surface area contributed by atoms with Crippen molar-refractivity contribution in [1.82, 2.24) is 15.0 Å². The molecule has 7 heteroatoms. The summed E-state index contributed by atoms with van der Waals surface area (Å²) in [7, 11) is 0. The van der Waals surface area contributed by atoms with Gasteiger partial charge in [-0.15, -0.1) is 5.10 Å². The van der Waals surface area contributed by atoms with Gasteiger partial charge in [0.2, 0.25) is 5.91 Å². The van der Waals surface area contributed by atoms with Crippen molar-refractivity contribution in [2.45, 2.75) is 13.5 Å². The number of anilines is 1. The summed E-state index contributed by atoms with van der Waals surface area (Å²) in [6.07, 6.45) is 1.56. The summed E-state index contributed by atoms with van der Waals surface area (Å²) in [5, 5.41) is 18.8. The lowest BCUT2D eigenvalue weighted by molar-refractivity contribution is -0.117. The number of aromatic carboxylic acids is 1. The first-order valence-corrected chi connectivity index (χ1v) is 5.54. The van der Waals surface area contributed by atoms with E-state index in [2.05, 4.69) is 15.6 Å². The van der Waals surface area contributed by atoms with E-state index in [1.807, 2.05) is 0 Å². The van der Waals surface area contributed by atoms with Crippen LogP contribution in [0.1, 0.15) is 16.1 Å². The number of amides is 1. The van der Waals surface area contributed by atoms with Gasteiger partial charge in [-0.25, -0.2) is 9.48 Å². The van der Waals surface area contributed by atoms with E-state index < -0.39 is 5.97 Å². The molecule has 0 fully saturated rings. The number of aromatic nitrogens is 3. The Morgan fingerprint density at radius 3 is 2.53 bits per heavy atom. The quantitative estimate of drug-likeness (QED) is 0.852. The lowest BCUT2D eigenvalue weighted by atomic mass is 10.2. The van der Waals surface area contributed by atoms with Crippen molar-refractivity contribution in [3.8, 4) is 0 Å². The molecule has 0 saturated carbocycles. The molecule has 7 nitrogen and oxygen atoms in total. The monoisotopic (exact) mass is 260 g/mol. The Hall–Kier alpha value is -2.70. The van der Waals surface area contributed by atoms with Crippen molar-refractivity contribution in [2.24, 2.45) is 0 Å². The smallest absolute Gasteiger partial charge is 0.335 e. The van der Waals surface area contributed by atoms with Gasteiger partial charge in [-0.1, -0.05) is 5.21 Å². The third-order valence-corrected chi connectivity index (χ3v) is 2.52. The fraction of sp³-hybridized carbons (Fsp3) is 0.167. The standard InChI is InChI=1S/C12H12N4O3/c1-8-6-13-15-16(8)7-11(17)14-10-4-2-9(3-5-10)12(18)19/h2-6H,7H2,1H3,(H,14,17)(H,18,19). The van der Waals surface area contributed by atoms with E-state index in [-0.39, 0.29) is 18.0 Å². The summed E-state index contributed by atoms with van der Waals surface area (Å²) >= 11 is 0. The highest BCUT2D eigenvalue weighted by Gasteiger charge is 2.07. The van der Waals surface area contributed by atoms with Crippen LogP contribution in [0.3, 0.4) is 0 Å². The minimum atomic E-state index is -1.00. The summed E-state index contributed by atoms with van der Waals surface area (Å²) in [6, 6.07) is 5.93. The van der Waals surface area contributed by atoms with Gasteiger partial charge >= 0.3 is 5.97 Å². The Morgan fingerprint density at radius 1 is 1.32 bits per heavy atom. The lowest BCUT2D eigenvalue weighted by Crippen LogP contribution is -2.20. The number of carboxylic acids is 1. The number of benzene rings is 1. The maximum absolute atomic E-state index is 11.7. The highest BCUT2D eigenvalue weighted by atomic mass is 16.4. The number of hydrogen-bond acceptors (Lipinski definition) is 4. The first-order valence-electron chi connectivity index (χ1n) is 5.54. The van der Waals surface area contributed by atoms with Crippen LogP contribution in [0.25, 0.3) is 0 Å². The number of hydrogen-bond donors (Lipinski definition) is 2. The Kier molecular flexibility index (Phi) is 3.56. The zero-order valence-corrected chi connectivity index (χ0v) is 10.2. The molecule has 1 amide bonds. The molecule has 0 spiro atoms. The molecule has 0 aliphatic heterocycles. The van der Waals surface area contributed by atoms with Crippen LogP contribution in [0, 0.1) is 6.92 Å². The minimum Gasteiger partial charge on any atom is -0.478 e. The Morgan fingerprint density at radius 2 is 2.00 bits per heavy atom. The molecule has 0 aliphatic carbocycles. The number of nitrogens with one attached hydrogen (secondary N) is 1. The molecule has 19 heavy (non-hydrogen) atoms. The molecule has 1 aromatic carbocycles. The van der Waals surface area contributed by atoms with E-state index >= 15 is 0 Å². The molecule has 0 unspecified atom stereocenters. The third-order valence-electron chi connectivity index (χ3n) is 2.52. The molecule has 98 valence electrons. The Balaban J connectivity index is 1.99. The summed E-state index contributed by atoms with van der Waals surface area (Å²) in [6.45, 7) is 1.86. The molecule has 2 N–H and O–H groups in total. The van der Waals surface area contributed by atoms with Gasteiger partial charge in [0.05, 0.1) is 17.5 Å². The number of carbonyl (C=O) groups is 2. The number of carbonyl (C=O) groups excluding carboxylic acids is 1. The molecule has 0 atom stereocenters. The fourth-order valence-electron chi connectivity index (χ4n) is 1.50. The Bertz CT molecular complexity index is 604. The van der Waals surface area contributed by atoms with Crippen molar-refractivity contribution in [3.05, 3.63) is 41.7 Å². The van der Waals surface area contributed by atoms with Crippen LogP contribution in [0.5, 0.6) is 0 Å². The maximum Gasteiger partial charge on any atom is 0.335 e. The summed E-state index contributed by atoms with van der Waals surface area (Å²) in [4.78, 5) is 22.4. The molecule has 0 radical (unpaired) electrons. The fourth-order valence-corrected chi connectivity index (χ4v) is 1.50. The third kappa shape index (κ3) is 3.15. The molecule has 2 rings (SSSR count). The maximum atomic E-state index is 11.7. The van der Waals surface area contributed by atoms with Crippen molar-refractivity contribution >= 4 is 17.6 Å². The van der Waals surface area contributed by atoms with E-state index in [0.29, 0.717) is 5.69 Å². The number of carboxylic acid groups (broad SMARTS) is 1. The van der Waals surface area contributed by atoms with Crippen molar-refractivity contribution in [2.75, 3.05) is 5.32 Å². The Labute approximate surface area is 108 Å². The summed E-state index contributed by atoms with van der Waals surface area (Å²) in [5.74, 6) is -1.26. The average molecular weight is 260 g/mol. The molecule has 2 aromatic rings. The summed E-state index contributed by atoms with van der Waals surface area (Å²) < 4.78 is 1.47. The van der Waals surface area contributed by atoms with Crippen LogP contribution in [-0.4, -0.2) is 32.0 Å². The summed E-state index contributed by atoms with van der Waals surface area (Å²) in [5.41, 5.74) is 1.49. The molecule has 0 bridgehead atoms. The predicted octanol–water partition coefficient (Wildman–Crippen LogP) is 0.923. The van der Waals surface area contributed by atoms with Gasteiger partial charge in [-0.3, -0.25) is 4.79 Å². The van der Waals surface area contributed by atoms with Crippen LogP contribution in [0.2, 0.25) is 0 Å². The van der Waals surface area contributed by atoms with Crippen LogP contribution in [-0.2, 0) is 11.3 Å². The van der Waals surface area contributed by atoms with Gasteiger partial charge < -0.3 is 10.4 Å². The SMILES string of the molecule is Cc1cnnn1CC(=O)Nc1ccc(C(=O)O)cc1. The zero-order valence-electron chi connectivity index (χ0n) is 10.2. The van der Waals surface area contributed by atoms with E-state index in [4.69, 9.17) is 5.11 Å². The molecule has 0 aliphatic rings. The van der Waals surface area contributed by atoms with E-state index in [1.165, 1.54) is 28.9 Å². The second-order valence-electron chi connectivity index (χ2n) is 3.96. The lowest BCUT2D eigenvalue weighted by Gasteiger charge is -2.06. The van der Waals surface area contributed by atoms with Crippen molar-refractivity contribution < 1.29 is 14.7 Å².